The van der Waals surface area contributed by atoms with Crippen LogP contribution < -0.4 is 0 Å². The molecule has 1 saturated heterocycles. The van der Waals surface area contributed by atoms with Gasteiger partial charge in [-0.25, -0.2) is 0 Å². The minimum Gasteiger partial charge on any atom is -0.390 e. The van der Waals surface area contributed by atoms with Crippen LogP contribution in [0.2, 0.25) is 0 Å². The van der Waals surface area contributed by atoms with E-state index in [2.05, 4.69) is 45.0 Å². The van der Waals surface area contributed by atoms with E-state index in [4.69, 9.17) is 9.47 Å². The molecule has 1 N–H and O–H groups in total. The van der Waals surface area contributed by atoms with Gasteiger partial charge >= 0.3 is 0 Å². The Labute approximate surface area is 128 Å². The lowest BCUT2D eigenvalue weighted by Gasteiger charge is -2.39. The Morgan fingerprint density at radius 2 is 1.76 bits per heavy atom. The Kier molecular flexibility index (Phi) is 5.07. The Balaban J connectivity index is 2.06. The first-order valence-electron chi connectivity index (χ1n) is 7.78. The van der Waals surface area contributed by atoms with Gasteiger partial charge in [-0.1, -0.05) is 45.0 Å². The number of benzene rings is 1. The maximum absolute atomic E-state index is 10.6. The zero-order valence-electron chi connectivity index (χ0n) is 13.7. The Hall–Kier alpha value is -0.900. The van der Waals surface area contributed by atoms with Gasteiger partial charge in [0.05, 0.1) is 11.7 Å². The van der Waals surface area contributed by atoms with Gasteiger partial charge < -0.3 is 14.6 Å². The highest BCUT2D eigenvalue weighted by molar-refractivity contribution is 5.28. The third-order valence-corrected chi connectivity index (χ3v) is 4.60. The van der Waals surface area contributed by atoms with Crippen molar-refractivity contribution in [3.8, 4) is 0 Å². The normalized spacial score (nSPS) is 20.2. The summed E-state index contributed by atoms with van der Waals surface area (Å²) in [7, 11) is 1.69. The molecule has 0 aliphatic carbocycles. The standard InChI is InChI=1S/C18H28O3/c1-17(2,3)15-7-5-14(6-8-15)13-16(19)18(20-4)9-11-21-12-10-18/h5-8,16,19H,9-13H2,1-4H3. The summed E-state index contributed by atoms with van der Waals surface area (Å²) < 4.78 is 11.0. The van der Waals surface area contributed by atoms with Gasteiger partial charge in [-0.15, -0.1) is 0 Å². The van der Waals surface area contributed by atoms with E-state index in [1.54, 1.807) is 7.11 Å². The van der Waals surface area contributed by atoms with E-state index in [-0.39, 0.29) is 5.41 Å². The highest BCUT2D eigenvalue weighted by atomic mass is 16.5. The second-order valence-corrected chi connectivity index (χ2v) is 7.05. The van der Waals surface area contributed by atoms with Crippen LogP contribution in [0.1, 0.15) is 44.7 Å². The van der Waals surface area contributed by atoms with Crippen LogP contribution in [0.5, 0.6) is 0 Å². The number of methoxy groups -OCH3 is 1. The largest absolute Gasteiger partial charge is 0.390 e. The average Bonchev–Trinajstić information content (AvgIpc) is 2.47. The lowest BCUT2D eigenvalue weighted by atomic mass is 9.83. The molecule has 1 heterocycles. The summed E-state index contributed by atoms with van der Waals surface area (Å²) >= 11 is 0. The summed E-state index contributed by atoms with van der Waals surface area (Å²) in [5.41, 5.74) is 2.17. The first-order valence-corrected chi connectivity index (χ1v) is 7.78. The van der Waals surface area contributed by atoms with E-state index in [9.17, 15) is 5.11 Å². The van der Waals surface area contributed by atoms with Gasteiger partial charge in [0.1, 0.15) is 0 Å². The molecule has 0 amide bonds. The van der Waals surface area contributed by atoms with Crippen LogP contribution in [0, 0.1) is 0 Å². The quantitative estimate of drug-likeness (QED) is 0.927. The van der Waals surface area contributed by atoms with Crippen LogP contribution >= 0.6 is 0 Å². The SMILES string of the molecule is COC1(C(O)Cc2ccc(C(C)(C)C)cc2)CCOCC1. The molecule has 1 fully saturated rings. The molecular weight excluding hydrogens is 264 g/mol. The number of rotatable bonds is 4. The van der Waals surface area contributed by atoms with Crippen molar-refractivity contribution in [1.82, 2.24) is 0 Å². The molecule has 0 aromatic heterocycles. The van der Waals surface area contributed by atoms with Gasteiger partial charge in [0.2, 0.25) is 0 Å². The molecule has 3 heteroatoms. The molecule has 118 valence electrons. The molecule has 1 aromatic carbocycles. The first kappa shape index (κ1) is 16.5. The summed E-state index contributed by atoms with van der Waals surface area (Å²) in [6, 6.07) is 8.55. The number of ether oxygens (including phenoxy) is 2. The average molecular weight is 292 g/mol. The zero-order valence-corrected chi connectivity index (χ0v) is 13.7. The van der Waals surface area contributed by atoms with E-state index in [0.717, 1.165) is 18.4 Å². The van der Waals surface area contributed by atoms with Crippen molar-refractivity contribution in [3.63, 3.8) is 0 Å². The predicted molar refractivity (Wildman–Crippen MR) is 84.6 cm³/mol. The predicted octanol–water partition coefficient (Wildman–Crippen LogP) is 3.08. The molecule has 1 aliphatic rings. The van der Waals surface area contributed by atoms with Crippen LogP contribution in [-0.2, 0) is 21.3 Å². The smallest absolute Gasteiger partial charge is 0.0983 e. The molecule has 0 spiro atoms. The van der Waals surface area contributed by atoms with Crippen molar-refractivity contribution < 1.29 is 14.6 Å². The van der Waals surface area contributed by atoms with Gasteiger partial charge in [-0.2, -0.15) is 0 Å². The molecule has 0 radical (unpaired) electrons. The van der Waals surface area contributed by atoms with Crippen LogP contribution in [0.25, 0.3) is 0 Å². The summed E-state index contributed by atoms with van der Waals surface area (Å²) in [4.78, 5) is 0. The van der Waals surface area contributed by atoms with Crippen LogP contribution in [0.4, 0.5) is 0 Å². The third kappa shape index (κ3) is 3.85. The highest BCUT2D eigenvalue weighted by Crippen LogP contribution is 2.30. The molecule has 1 aromatic rings. The number of hydrogen-bond donors (Lipinski definition) is 1. The highest BCUT2D eigenvalue weighted by Gasteiger charge is 2.39. The van der Waals surface area contributed by atoms with Crippen molar-refractivity contribution >= 4 is 0 Å². The molecule has 0 bridgehead atoms. The fourth-order valence-corrected chi connectivity index (χ4v) is 2.94. The zero-order chi connectivity index (χ0) is 15.5. The minimum absolute atomic E-state index is 0.158. The summed E-state index contributed by atoms with van der Waals surface area (Å²) in [5.74, 6) is 0. The molecule has 0 saturated carbocycles. The van der Waals surface area contributed by atoms with E-state index in [1.165, 1.54) is 5.56 Å². The number of aliphatic hydroxyl groups excluding tert-OH is 1. The Morgan fingerprint density at radius 3 is 2.24 bits per heavy atom. The second-order valence-electron chi connectivity index (χ2n) is 7.05. The number of hydrogen-bond acceptors (Lipinski definition) is 3. The molecule has 1 unspecified atom stereocenters. The maximum Gasteiger partial charge on any atom is 0.0983 e. The fourth-order valence-electron chi connectivity index (χ4n) is 2.94. The van der Waals surface area contributed by atoms with Gasteiger partial charge in [-0.05, 0) is 16.5 Å². The fraction of sp³-hybridized carbons (Fsp3) is 0.667. The minimum atomic E-state index is -0.494. The van der Waals surface area contributed by atoms with E-state index in [0.29, 0.717) is 19.6 Å². The summed E-state index contributed by atoms with van der Waals surface area (Å²) in [5, 5.41) is 10.6. The van der Waals surface area contributed by atoms with Crippen LogP contribution in [-0.4, -0.2) is 37.1 Å². The van der Waals surface area contributed by atoms with E-state index in [1.807, 2.05) is 0 Å². The van der Waals surface area contributed by atoms with Crippen molar-refractivity contribution in [2.45, 2.75) is 57.2 Å². The Morgan fingerprint density at radius 1 is 1.19 bits per heavy atom. The van der Waals surface area contributed by atoms with Crippen molar-refractivity contribution in [2.75, 3.05) is 20.3 Å². The first-order chi connectivity index (χ1) is 9.87. The summed E-state index contributed by atoms with van der Waals surface area (Å²) in [6.45, 7) is 7.94. The molecule has 2 rings (SSSR count). The molecule has 1 atom stereocenters. The molecular formula is C18H28O3. The van der Waals surface area contributed by atoms with Crippen molar-refractivity contribution in [2.24, 2.45) is 0 Å². The lowest BCUT2D eigenvalue weighted by molar-refractivity contribution is -0.151. The van der Waals surface area contributed by atoms with Crippen LogP contribution in [0.3, 0.4) is 0 Å². The van der Waals surface area contributed by atoms with Gasteiger partial charge in [-0.3, -0.25) is 0 Å². The lowest BCUT2D eigenvalue weighted by Crippen LogP contribution is -2.49. The molecule has 3 nitrogen and oxygen atoms in total. The molecule has 1 aliphatic heterocycles. The van der Waals surface area contributed by atoms with Crippen LogP contribution in [0.15, 0.2) is 24.3 Å². The Bertz CT molecular complexity index is 439. The topological polar surface area (TPSA) is 38.7 Å². The molecule has 21 heavy (non-hydrogen) atoms. The van der Waals surface area contributed by atoms with E-state index < -0.39 is 11.7 Å². The van der Waals surface area contributed by atoms with Gasteiger partial charge in [0.25, 0.3) is 0 Å². The summed E-state index contributed by atoms with van der Waals surface area (Å²) in [6.07, 6.45) is 1.64. The monoisotopic (exact) mass is 292 g/mol. The van der Waals surface area contributed by atoms with Crippen molar-refractivity contribution in [3.05, 3.63) is 35.4 Å². The maximum atomic E-state index is 10.6. The third-order valence-electron chi connectivity index (χ3n) is 4.60. The van der Waals surface area contributed by atoms with Crippen molar-refractivity contribution in [1.29, 1.82) is 0 Å². The van der Waals surface area contributed by atoms with Gasteiger partial charge in [0.15, 0.2) is 0 Å². The number of aliphatic hydroxyl groups is 1. The van der Waals surface area contributed by atoms with E-state index >= 15 is 0 Å². The van der Waals surface area contributed by atoms with Gasteiger partial charge in [0, 0.05) is 39.6 Å². The second kappa shape index (κ2) is 6.47.